The number of anilines is 1. The first-order valence-corrected chi connectivity index (χ1v) is 9.31. The van der Waals surface area contributed by atoms with Crippen LogP contribution < -0.4 is 16.3 Å². The molecular formula is C21H13N3O6S. The van der Waals surface area contributed by atoms with Gasteiger partial charge in [-0.05, 0) is 48.6 Å². The lowest BCUT2D eigenvalue weighted by atomic mass is 10.1. The van der Waals surface area contributed by atoms with Crippen molar-refractivity contribution in [1.82, 2.24) is 5.32 Å². The molecule has 31 heavy (non-hydrogen) atoms. The van der Waals surface area contributed by atoms with Crippen molar-refractivity contribution in [2.75, 3.05) is 5.32 Å². The van der Waals surface area contributed by atoms with Crippen LogP contribution in [-0.2, 0) is 0 Å². The van der Waals surface area contributed by atoms with Gasteiger partial charge in [0.2, 0.25) is 0 Å². The normalized spacial score (nSPS) is 10.6. The molecule has 10 heteroatoms. The minimum atomic E-state index is -0.582. The van der Waals surface area contributed by atoms with Crippen molar-refractivity contribution in [2.45, 2.75) is 0 Å². The second kappa shape index (κ2) is 8.20. The number of benzene rings is 2. The summed E-state index contributed by atoms with van der Waals surface area (Å²) < 4.78 is 10.6. The zero-order valence-corrected chi connectivity index (χ0v) is 16.5. The van der Waals surface area contributed by atoms with Crippen LogP contribution in [0.5, 0.6) is 0 Å². The molecule has 0 saturated carbocycles. The van der Waals surface area contributed by atoms with E-state index in [0.717, 1.165) is 0 Å². The second-order valence-electron chi connectivity index (χ2n) is 6.39. The minimum absolute atomic E-state index is 0.00839. The molecule has 2 aromatic carbocycles. The third kappa shape index (κ3) is 4.49. The first-order chi connectivity index (χ1) is 14.9. The van der Waals surface area contributed by atoms with Gasteiger partial charge < -0.3 is 14.2 Å². The van der Waals surface area contributed by atoms with Crippen LogP contribution in [0.1, 0.15) is 10.6 Å². The monoisotopic (exact) mass is 435 g/mol. The molecule has 154 valence electrons. The van der Waals surface area contributed by atoms with Crippen LogP contribution >= 0.6 is 12.2 Å². The number of hydrogen-bond donors (Lipinski definition) is 2. The third-order valence-electron chi connectivity index (χ3n) is 4.28. The smallest absolute Gasteiger partial charge is 0.336 e. The minimum Gasteiger partial charge on any atom is -0.451 e. The number of nitrogens with one attached hydrogen (secondary N) is 2. The van der Waals surface area contributed by atoms with E-state index in [1.165, 1.54) is 30.3 Å². The molecule has 0 saturated heterocycles. The van der Waals surface area contributed by atoms with Crippen molar-refractivity contribution in [1.29, 1.82) is 0 Å². The van der Waals surface area contributed by atoms with Gasteiger partial charge in [-0.15, -0.1) is 0 Å². The lowest BCUT2D eigenvalue weighted by molar-refractivity contribution is -0.384. The number of amides is 1. The predicted molar refractivity (Wildman–Crippen MR) is 117 cm³/mol. The molecule has 0 bridgehead atoms. The third-order valence-corrected chi connectivity index (χ3v) is 4.48. The molecule has 0 aliphatic heterocycles. The standard InChI is InChI=1S/C21H13N3O6S/c25-19-9-4-13-10-14(5-6-17(13)30-19)22-21(31)23-20(26)18-8-7-16(29-18)12-2-1-3-15(11-12)24(27)28/h1-11H,(H2,22,23,26,31). The van der Waals surface area contributed by atoms with Crippen molar-refractivity contribution in [3.8, 4) is 11.3 Å². The number of non-ortho nitro benzene ring substituents is 1. The van der Waals surface area contributed by atoms with E-state index in [4.69, 9.17) is 21.1 Å². The number of nitro groups is 1. The summed E-state index contributed by atoms with van der Waals surface area (Å²) in [4.78, 5) is 34.1. The number of furan rings is 1. The zero-order chi connectivity index (χ0) is 22.0. The molecule has 4 rings (SSSR count). The van der Waals surface area contributed by atoms with Crippen molar-refractivity contribution in [3.63, 3.8) is 0 Å². The summed E-state index contributed by atoms with van der Waals surface area (Å²) in [6, 6.07) is 16.8. The number of hydrogen-bond acceptors (Lipinski definition) is 7. The fourth-order valence-corrected chi connectivity index (χ4v) is 3.08. The number of rotatable bonds is 4. The average molecular weight is 435 g/mol. The fourth-order valence-electron chi connectivity index (χ4n) is 2.86. The number of nitro benzene ring substituents is 1. The molecule has 2 aromatic heterocycles. The van der Waals surface area contributed by atoms with Crippen LogP contribution in [0.25, 0.3) is 22.3 Å². The van der Waals surface area contributed by atoms with Gasteiger partial charge in [0.25, 0.3) is 11.6 Å². The van der Waals surface area contributed by atoms with Gasteiger partial charge in [0, 0.05) is 34.8 Å². The van der Waals surface area contributed by atoms with Crippen molar-refractivity contribution < 1.29 is 18.6 Å². The maximum Gasteiger partial charge on any atom is 0.336 e. The Labute approximate surface area is 179 Å². The molecule has 0 aliphatic rings. The highest BCUT2D eigenvalue weighted by Gasteiger charge is 2.15. The van der Waals surface area contributed by atoms with E-state index >= 15 is 0 Å². The Kier molecular flexibility index (Phi) is 5.29. The lowest BCUT2D eigenvalue weighted by Crippen LogP contribution is -2.33. The molecule has 1 amide bonds. The number of carbonyl (C=O) groups is 1. The molecule has 2 heterocycles. The average Bonchev–Trinajstić information content (AvgIpc) is 3.24. The molecule has 9 nitrogen and oxygen atoms in total. The molecule has 0 atom stereocenters. The second-order valence-corrected chi connectivity index (χ2v) is 6.79. The van der Waals surface area contributed by atoms with Gasteiger partial charge in [-0.2, -0.15) is 0 Å². The van der Waals surface area contributed by atoms with Crippen molar-refractivity contribution in [2.24, 2.45) is 0 Å². The highest BCUT2D eigenvalue weighted by atomic mass is 32.1. The quantitative estimate of drug-likeness (QED) is 0.212. The highest BCUT2D eigenvalue weighted by Crippen LogP contribution is 2.25. The topological polar surface area (TPSA) is 128 Å². The van der Waals surface area contributed by atoms with E-state index in [1.807, 2.05) is 0 Å². The first-order valence-electron chi connectivity index (χ1n) is 8.90. The Morgan fingerprint density at radius 1 is 1.00 bits per heavy atom. The van der Waals surface area contributed by atoms with Crippen LogP contribution in [0, 0.1) is 10.1 Å². The Bertz CT molecular complexity index is 1390. The summed E-state index contributed by atoms with van der Waals surface area (Å²) in [6.45, 7) is 0. The van der Waals surface area contributed by atoms with Crippen LogP contribution in [0.2, 0.25) is 0 Å². The summed E-state index contributed by atoms with van der Waals surface area (Å²) in [5, 5.41) is 17.0. The van der Waals surface area contributed by atoms with E-state index in [1.54, 1.807) is 36.4 Å². The molecule has 0 aliphatic carbocycles. The Morgan fingerprint density at radius 3 is 2.65 bits per heavy atom. The number of carbonyl (C=O) groups excluding carboxylic acids is 1. The Morgan fingerprint density at radius 2 is 1.84 bits per heavy atom. The summed E-state index contributed by atoms with van der Waals surface area (Å²) in [6.07, 6.45) is 0. The molecule has 4 aromatic rings. The fraction of sp³-hybridized carbons (Fsp3) is 0. The van der Waals surface area contributed by atoms with Gasteiger partial charge in [-0.25, -0.2) is 4.79 Å². The Balaban J connectivity index is 1.44. The maximum absolute atomic E-state index is 12.4. The Hall–Kier alpha value is -4.31. The molecule has 0 radical (unpaired) electrons. The van der Waals surface area contributed by atoms with E-state index in [2.05, 4.69) is 10.6 Å². The number of nitrogens with zero attached hydrogens (tertiary/aromatic N) is 1. The van der Waals surface area contributed by atoms with E-state index < -0.39 is 16.5 Å². The molecule has 2 N–H and O–H groups in total. The summed E-state index contributed by atoms with van der Waals surface area (Å²) >= 11 is 5.17. The molecular weight excluding hydrogens is 422 g/mol. The molecule has 0 unspecified atom stereocenters. The van der Waals surface area contributed by atoms with Crippen LogP contribution in [0.4, 0.5) is 11.4 Å². The summed E-state index contributed by atoms with van der Waals surface area (Å²) in [5.74, 6) is -0.282. The molecule has 0 spiro atoms. The summed E-state index contributed by atoms with van der Waals surface area (Å²) in [5.41, 5.74) is 0.955. The van der Waals surface area contributed by atoms with Crippen LogP contribution in [0.3, 0.4) is 0 Å². The number of thiocarbonyl (C=S) groups is 1. The largest absolute Gasteiger partial charge is 0.451 e. The van der Waals surface area contributed by atoms with Gasteiger partial charge >= 0.3 is 5.63 Å². The number of fused-ring (bicyclic) bond motifs is 1. The van der Waals surface area contributed by atoms with E-state index in [-0.39, 0.29) is 16.6 Å². The first kappa shape index (κ1) is 20.0. The molecule has 0 fully saturated rings. The predicted octanol–water partition coefficient (Wildman–Crippen LogP) is 4.09. The SMILES string of the molecule is O=C(NC(=S)Nc1ccc2oc(=O)ccc2c1)c1ccc(-c2cccc([N+](=O)[O-])c2)o1. The van der Waals surface area contributed by atoms with Gasteiger partial charge in [0.15, 0.2) is 10.9 Å². The lowest BCUT2D eigenvalue weighted by Gasteiger charge is -2.09. The van der Waals surface area contributed by atoms with Crippen LogP contribution in [-0.4, -0.2) is 15.9 Å². The van der Waals surface area contributed by atoms with Gasteiger partial charge in [0.05, 0.1) is 4.92 Å². The maximum atomic E-state index is 12.4. The van der Waals surface area contributed by atoms with E-state index in [9.17, 15) is 19.7 Å². The summed E-state index contributed by atoms with van der Waals surface area (Å²) in [7, 11) is 0. The van der Waals surface area contributed by atoms with Gasteiger partial charge in [-0.3, -0.25) is 20.2 Å². The zero-order valence-electron chi connectivity index (χ0n) is 15.7. The van der Waals surface area contributed by atoms with Crippen molar-refractivity contribution in [3.05, 3.63) is 93.0 Å². The van der Waals surface area contributed by atoms with Crippen molar-refractivity contribution >= 4 is 45.6 Å². The van der Waals surface area contributed by atoms with Gasteiger partial charge in [0.1, 0.15) is 11.3 Å². The highest BCUT2D eigenvalue weighted by molar-refractivity contribution is 7.80. The van der Waals surface area contributed by atoms with Crippen LogP contribution in [0.15, 0.2) is 80.4 Å². The van der Waals surface area contributed by atoms with E-state index in [0.29, 0.717) is 28.0 Å². The van der Waals surface area contributed by atoms with Gasteiger partial charge in [-0.1, -0.05) is 12.1 Å².